The minimum Gasteiger partial charge on any atom is -0.373 e. The van der Waals surface area contributed by atoms with Crippen molar-refractivity contribution in [2.24, 2.45) is 0 Å². The molecule has 0 atom stereocenters. The van der Waals surface area contributed by atoms with Crippen LogP contribution in [0.1, 0.15) is 38.5 Å². The highest BCUT2D eigenvalue weighted by Crippen LogP contribution is 2.56. The summed E-state index contributed by atoms with van der Waals surface area (Å²) in [6, 6.07) is 0. The van der Waals surface area contributed by atoms with Crippen LogP contribution >= 0.6 is 8.15 Å². The Hall–Kier alpha value is 0.390. The topological polar surface area (TPSA) is 20.2 Å². The molecular weight excluding hydrogens is 143 g/mol. The van der Waals surface area contributed by atoms with E-state index in [0.717, 1.165) is 11.3 Å². The van der Waals surface area contributed by atoms with Crippen molar-refractivity contribution in [2.45, 2.75) is 49.8 Å². The fourth-order valence-electron chi connectivity index (χ4n) is 2.29. The van der Waals surface area contributed by atoms with Crippen LogP contribution in [0, 0.1) is 0 Å². The predicted molar refractivity (Wildman–Crippen MR) is 44.4 cm³/mol. The molecule has 0 aromatic heterocycles. The molecule has 1 nitrogen and oxygen atoms in total. The van der Waals surface area contributed by atoms with E-state index in [1.54, 1.807) is 0 Å². The van der Waals surface area contributed by atoms with Crippen LogP contribution in [-0.2, 0) is 0 Å². The maximum absolute atomic E-state index is 9.75. The molecule has 2 aliphatic heterocycles. The van der Waals surface area contributed by atoms with E-state index >= 15 is 0 Å². The average molecular weight is 158 g/mol. The lowest BCUT2D eigenvalue weighted by atomic mass is 9.99. The number of fused-ring (bicyclic) bond motifs is 2. The van der Waals surface area contributed by atoms with Gasteiger partial charge in [0.05, 0.1) is 0 Å². The molecule has 2 heteroatoms. The quantitative estimate of drug-likeness (QED) is 0.537. The van der Waals surface area contributed by atoms with E-state index in [1.165, 1.54) is 38.5 Å². The van der Waals surface area contributed by atoms with Crippen molar-refractivity contribution in [2.75, 3.05) is 0 Å². The van der Waals surface area contributed by atoms with Crippen LogP contribution in [0.5, 0.6) is 0 Å². The zero-order valence-corrected chi connectivity index (χ0v) is 7.19. The largest absolute Gasteiger partial charge is 0.373 e. The standard InChI is InChI=1S/C8H15OP/c9-10-7-3-1-4-8(10)6-2-5-7/h7-9H,1-6H2. The molecule has 0 aliphatic carbocycles. The number of hydrogen-bond donors (Lipinski definition) is 1. The third kappa shape index (κ3) is 1.10. The van der Waals surface area contributed by atoms with Crippen molar-refractivity contribution in [3.05, 3.63) is 0 Å². The summed E-state index contributed by atoms with van der Waals surface area (Å²) in [6.45, 7) is 0. The Morgan fingerprint density at radius 3 is 1.60 bits per heavy atom. The minimum atomic E-state index is -0.530. The molecule has 0 aromatic carbocycles. The van der Waals surface area contributed by atoms with Crippen molar-refractivity contribution >= 4 is 8.15 Å². The highest BCUT2D eigenvalue weighted by molar-refractivity contribution is 7.53. The van der Waals surface area contributed by atoms with Crippen molar-refractivity contribution in [1.29, 1.82) is 0 Å². The maximum atomic E-state index is 9.75. The average Bonchev–Trinajstić information content (AvgIpc) is 1.86. The Morgan fingerprint density at radius 2 is 1.30 bits per heavy atom. The summed E-state index contributed by atoms with van der Waals surface area (Å²) in [5.74, 6) is 0. The first kappa shape index (κ1) is 7.06. The second-order valence-corrected chi connectivity index (χ2v) is 5.77. The van der Waals surface area contributed by atoms with E-state index in [4.69, 9.17) is 0 Å². The van der Waals surface area contributed by atoms with Gasteiger partial charge < -0.3 is 4.89 Å². The molecule has 0 amide bonds. The van der Waals surface area contributed by atoms with Crippen LogP contribution in [-0.4, -0.2) is 16.2 Å². The van der Waals surface area contributed by atoms with Gasteiger partial charge in [-0.25, -0.2) is 0 Å². The van der Waals surface area contributed by atoms with Crippen molar-refractivity contribution < 1.29 is 4.89 Å². The molecule has 2 heterocycles. The lowest BCUT2D eigenvalue weighted by molar-refractivity contribution is 0.429. The predicted octanol–water partition coefficient (Wildman–Crippen LogP) is 2.48. The Labute approximate surface area is 63.7 Å². The van der Waals surface area contributed by atoms with E-state index < -0.39 is 8.15 Å². The van der Waals surface area contributed by atoms with Crippen LogP contribution in [0.3, 0.4) is 0 Å². The smallest absolute Gasteiger partial charge is 0.0314 e. The van der Waals surface area contributed by atoms with Crippen molar-refractivity contribution in [1.82, 2.24) is 0 Å². The van der Waals surface area contributed by atoms with E-state index in [1.807, 2.05) is 0 Å². The maximum Gasteiger partial charge on any atom is 0.0314 e. The minimum absolute atomic E-state index is 0.530. The highest BCUT2D eigenvalue weighted by Gasteiger charge is 2.34. The summed E-state index contributed by atoms with van der Waals surface area (Å²) in [7, 11) is -0.530. The van der Waals surface area contributed by atoms with E-state index in [-0.39, 0.29) is 0 Å². The van der Waals surface area contributed by atoms with Crippen LogP contribution in [0.2, 0.25) is 0 Å². The van der Waals surface area contributed by atoms with Gasteiger partial charge in [-0.3, -0.25) is 0 Å². The molecule has 2 saturated heterocycles. The van der Waals surface area contributed by atoms with Crippen LogP contribution < -0.4 is 0 Å². The molecule has 2 rings (SSSR count). The molecular formula is C8H15OP. The second-order valence-electron chi connectivity index (χ2n) is 3.55. The molecule has 0 radical (unpaired) electrons. The summed E-state index contributed by atoms with van der Waals surface area (Å²) in [5.41, 5.74) is 1.48. The van der Waals surface area contributed by atoms with E-state index in [2.05, 4.69) is 0 Å². The van der Waals surface area contributed by atoms with Gasteiger partial charge in [-0.15, -0.1) is 0 Å². The van der Waals surface area contributed by atoms with Gasteiger partial charge in [-0.05, 0) is 25.7 Å². The van der Waals surface area contributed by atoms with Gasteiger partial charge in [-0.1, -0.05) is 12.8 Å². The van der Waals surface area contributed by atoms with Crippen molar-refractivity contribution in [3.63, 3.8) is 0 Å². The van der Waals surface area contributed by atoms with Crippen LogP contribution in [0.25, 0.3) is 0 Å². The summed E-state index contributed by atoms with van der Waals surface area (Å²) in [4.78, 5) is 9.75. The lowest BCUT2D eigenvalue weighted by Crippen LogP contribution is -2.25. The molecule has 0 unspecified atom stereocenters. The summed E-state index contributed by atoms with van der Waals surface area (Å²) < 4.78 is 0. The fourth-order valence-corrected chi connectivity index (χ4v) is 4.68. The number of hydrogen-bond acceptors (Lipinski definition) is 1. The molecule has 2 fully saturated rings. The van der Waals surface area contributed by atoms with Crippen molar-refractivity contribution in [3.8, 4) is 0 Å². The van der Waals surface area contributed by atoms with Gasteiger partial charge in [0.15, 0.2) is 0 Å². The summed E-state index contributed by atoms with van der Waals surface area (Å²) >= 11 is 0. The Morgan fingerprint density at radius 1 is 0.900 bits per heavy atom. The molecule has 2 bridgehead atoms. The second kappa shape index (κ2) is 2.79. The third-order valence-corrected chi connectivity index (χ3v) is 5.43. The van der Waals surface area contributed by atoms with Gasteiger partial charge in [-0.2, -0.15) is 0 Å². The van der Waals surface area contributed by atoms with Gasteiger partial charge in [0.25, 0.3) is 0 Å². The van der Waals surface area contributed by atoms with Crippen LogP contribution in [0.15, 0.2) is 0 Å². The number of rotatable bonds is 0. The van der Waals surface area contributed by atoms with E-state index in [9.17, 15) is 4.89 Å². The van der Waals surface area contributed by atoms with E-state index in [0.29, 0.717) is 0 Å². The van der Waals surface area contributed by atoms with Gasteiger partial charge in [0.2, 0.25) is 0 Å². The Balaban J connectivity index is 2.05. The third-order valence-electron chi connectivity index (χ3n) is 2.90. The molecule has 2 aliphatic rings. The molecule has 10 heavy (non-hydrogen) atoms. The lowest BCUT2D eigenvalue weighted by Gasteiger charge is -2.38. The fraction of sp³-hybridized carbons (Fsp3) is 1.00. The highest BCUT2D eigenvalue weighted by atomic mass is 31.1. The normalized spacial score (nSPS) is 47.1. The SMILES string of the molecule is OP1C2CCCC1CCC2. The zero-order chi connectivity index (χ0) is 6.97. The first-order valence-corrected chi connectivity index (χ1v) is 5.78. The first-order chi connectivity index (χ1) is 4.88. The van der Waals surface area contributed by atoms with Gasteiger partial charge in [0.1, 0.15) is 0 Å². The van der Waals surface area contributed by atoms with Gasteiger partial charge >= 0.3 is 0 Å². The van der Waals surface area contributed by atoms with Gasteiger partial charge in [0, 0.05) is 19.5 Å². The summed E-state index contributed by atoms with van der Waals surface area (Å²) in [5, 5.41) is 0. The monoisotopic (exact) mass is 158 g/mol. The first-order valence-electron chi connectivity index (χ1n) is 4.35. The van der Waals surface area contributed by atoms with Crippen LogP contribution in [0.4, 0.5) is 0 Å². The molecule has 1 N–H and O–H groups in total. The molecule has 0 aromatic rings. The Kier molecular flexibility index (Phi) is 1.97. The summed E-state index contributed by atoms with van der Waals surface area (Å²) in [6.07, 6.45) is 8.04. The Bertz CT molecular complexity index is 104. The molecule has 0 spiro atoms. The molecule has 58 valence electrons. The molecule has 0 saturated carbocycles. The zero-order valence-electron chi connectivity index (χ0n) is 6.29.